The van der Waals surface area contributed by atoms with Gasteiger partial charge < -0.3 is 14.7 Å². The molecule has 0 aliphatic heterocycles. The summed E-state index contributed by atoms with van der Waals surface area (Å²) in [7, 11) is -5.24. The van der Waals surface area contributed by atoms with Crippen LogP contribution in [0.2, 0.25) is 0 Å². The number of nitrogen functional groups attached to an aromatic ring is 1. The van der Waals surface area contributed by atoms with Crippen LogP contribution in [0, 0.1) is 20.8 Å². The van der Waals surface area contributed by atoms with Gasteiger partial charge in [-0.25, -0.2) is 4.79 Å². The molecule has 22 heavy (non-hydrogen) atoms. The number of nitrogens with two attached hydrogens (primary N) is 1. The van der Waals surface area contributed by atoms with Crippen LogP contribution in [0.1, 0.15) is 47.8 Å². The van der Waals surface area contributed by atoms with E-state index in [1.165, 1.54) is 13.8 Å². The van der Waals surface area contributed by atoms with E-state index in [9.17, 15) is 17.1 Å². The average molecular weight is 333 g/mol. The maximum absolute atomic E-state index is 12.9. The van der Waals surface area contributed by atoms with E-state index >= 15 is 0 Å². The molecule has 6 nitrogen and oxygen atoms in total. The molecule has 0 aliphatic carbocycles. The second kappa shape index (κ2) is 5.75. The Hall–Kier alpha value is -1.83. The van der Waals surface area contributed by atoms with Gasteiger partial charge in [0.25, 0.3) is 0 Å². The second-order valence-corrected chi connectivity index (χ2v) is 6.92. The zero-order valence-electron chi connectivity index (χ0n) is 13.4. The van der Waals surface area contributed by atoms with Crippen LogP contribution in [0.3, 0.4) is 0 Å². The maximum atomic E-state index is 12.9. The molecule has 0 saturated carbocycles. The Bertz CT molecular complexity index is 720. The van der Waals surface area contributed by atoms with Crippen molar-refractivity contribution in [2.75, 3.05) is 5.73 Å². The van der Waals surface area contributed by atoms with E-state index in [1.54, 1.807) is 27.7 Å². The summed E-state index contributed by atoms with van der Waals surface area (Å²) in [5, 5.41) is 0. The molecule has 0 amide bonds. The lowest BCUT2D eigenvalue weighted by atomic mass is 9.96. The minimum absolute atomic E-state index is 0.0664. The first kappa shape index (κ1) is 18.2. The SMILES string of the molecule is Cc1c(N)c(C)c(C(=O)OC(C)(C)C)c(C)c1OS(=O)(=O)F. The summed E-state index contributed by atoms with van der Waals surface area (Å²) in [6.07, 6.45) is 0. The molecule has 0 spiro atoms. The molecule has 0 unspecified atom stereocenters. The fourth-order valence-corrected chi connectivity index (χ4v) is 2.52. The summed E-state index contributed by atoms with van der Waals surface area (Å²) >= 11 is 0. The van der Waals surface area contributed by atoms with Gasteiger partial charge in [-0.2, -0.15) is 8.42 Å². The maximum Gasteiger partial charge on any atom is 0.488 e. The molecule has 0 saturated heterocycles. The molecule has 2 N–H and O–H groups in total. The van der Waals surface area contributed by atoms with Crippen molar-refractivity contribution in [2.45, 2.75) is 47.1 Å². The largest absolute Gasteiger partial charge is 0.488 e. The van der Waals surface area contributed by atoms with Crippen LogP contribution in [0.4, 0.5) is 9.57 Å². The Labute approximate surface area is 129 Å². The molecule has 8 heteroatoms. The molecular formula is C14H20FNO5S. The first-order chi connectivity index (χ1) is 9.74. The smallest absolute Gasteiger partial charge is 0.456 e. The van der Waals surface area contributed by atoms with Gasteiger partial charge in [0, 0.05) is 16.8 Å². The number of hydrogen-bond donors (Lipinski definition) is 1. The minimum Gasteiger partial charge on any atom is -0.456 e. The molecule has 0 aromatic heterocycles. The highest BCUT2D eigenvalue weighted by atomic mass is 32.3. The van der Waals surface area contributed by atoms with Gasteiger partial charge in [-0.1, -0.05) is 3.89 Å². The van der Waals surface area contributed by atoms with Crippen molar-refractivity contribution in [3.05, 3.63) is 22.3 Å². The average Bonchev–Trinajstić information content (AvgIpc) is 2.29. The number of ether oxygens (including phenoxy) is 1. The molecule has 0 bridgehead atoms. The van der Waals surface area contributed by atoms with Crippen molar-refractivity contribution in [3.8, 4) is 5.75 Å². The normalized spacial score (nSPS) is 12.1. The number of halogens is 1. The molecule has 0 aliphatic rings. The number of esters is 1. The van der Waals surface area contributed by atoms with E-state index in [4.69, 9.17) is 10.5 Å². The highest BCUT2D eigenvalue weighted by Gasteiger charge is 2.27. The monoisotopic (exact) mass is 333 g/mol. The molecular weight excluding hydrogens is 313 g/mol. The van der Waals surface area contributed by atoms with Crippen molar-refractivity contribution in [3.63, 3.8) is 0 Å². The van der Waals surface area contributed by atoms with Crippen molar-refractivity contribution in [1.29, 1.82) is 0 Å². The Morgan fingerprint density at radius 2 is 1.59 bits per heavy atom. The minimum atomic E-state index is -5.24. The predicted octanol–water partition coefficient (Wildman–Crippen LogP) is 2.74. The van der Waals surface area contributed by atoms with Gasteiger partial charge in [-0.05, 0) is 47.1 Å². The number of carbonyl (C=O) groups is 1. The second-order valence-electron chi connectivity index (χ2n) is 5.97. The van der Waals surface area contributed by atoms with Gasteiger partial charge in [0.05, 0.1) is 5.56 Å². The van der Waals surface area contributed by atoms with Crippen LogP contribution >= 0.6 is 0 Å². The number of hydrogen-bond acceptors (Lipinski definition) is 6. The van der Waals surface area contributed by atoms with Crippen LogP contribution in [0.5, 0.6) is 5.75 Å². The van der Waals surface area contributed by atoms with E-state index in [0.29, 0.717) is 5.56 Å². The molecule has 1 rings (SSSR count). The van der Waals surface area contributed by atoms with E-state index < -0.39 is 22.1 Å². The van der Waals surface area contributed by atoms with Crippen molar-refractivity contribution >= 4 is 22.2 Å². The molecule has 0 fully saturated rings. The van der Waals surface area contributed by atoms with Crippen molar-refractivity contribution in [2.24, 2.45) is 0 Å². The van der Waals surface area contributed by atoms with E-state index in [2.05, 4.69) is 4.18 Å². The molecule has 0 radical (unpaired) electrons. The van der Waals surface area contributed by atoms with Gasteiger partial charge >= 0.3 is 16.5 Å². The first-order valence-corrected chi connectivity index (χ1v) is 7.82. The topological polar surface area (TPSA) is 95.7 Å². The summed E-state index contributed by atoms with van der Waals surface area (Å²) in [5.74, 6) is -0.984. The van der Waals surface area contributed by atoms with Gasteiger partial charge in [0.15, 0.2) is 5.75 Å². The lowest BCUT2D eigenvalue weighted by molar-refractivity contribution is 0.00676. The molecule has 1 aromatic carbocycles. The van der Waals surface area contributed by atoms with Crippen LogP contribution < -0.4 is 9.92 Å². The van der Waals surface area contributed by atoms with Crippen LogP contribution in [0.15, 0.2) is 0 Å². The summed E-state index contributed by atoms with van der Waals surface area (Å²) < 4.78 is 44.0. The summed E-state index contributed by atoms with van der Waals surface area (Å²) in [4.78, 5) is 12.3. The third-order valence-electron chi connectivity index (χ3n) is 3.03. The Morgan fingerprint density at radius 3 is 2.00 bits per heavy atom. The molecule has 124 valence electrons. The zero-order valence-corrected chi connectivity index (χ0v) is 14.2. The van der Waals surface area contributed by atoms with E-state index in [0.717, 1.165) is 0 Å². The quantitative estimate of drug-likeness (QED) is 0.519. The Kier molecular flexibility index (Phi) is 4.76. The number of anilines is 1. The highest BCUT2D eigenvalue weighted by Crippen LogP contribution is 2.36. The highest BCUT2D eigenvalue weighted by molar-refractivity contribution is 7.81. The van der Waals surface area contributed by atoms with E-state index in [1.807, 2.05) is 0 Å². The van der Waals surface area contributed by atoms with Gasteiger partial charge in [0.1, 0.15) is 5.60 Å². The summed E-state index contributed by atoms with van der Waals surface area (Å²) in [5.41, 5.74) is 6.15. The number of benzene rings is 1. The van der Waals surface area contributed by atoms with Gasteiger partial charge in [-0.3, -0.25) is 0 Å². The van der Waals surface area contributed by atoms with Gasteiger partial charge in [0.2, 0.25) is 0 Å². The fraction of sp³-hybridized carbons (Fsp3) is 0.500. The summed E-state index contributed by atoms with van der Waals surface area (Å²) in [6.45, 7) is 9.60. The first-order valence-electron chi connectivity index (χ1n) is 6.51. The standard InChI is InChI=1S/C14H20FNO5S/c1-7-10(13(17)20-14(4,5)6)8(2)12(9(3)11(7)16)21-22(15,18)19/h16H2,1-6H3. The van der Waals surface area contributed by atoms with Crippen LogP contribution in [0.25, 0.3) is 0 Å². The van der Waals surface area contributed by atoms with Crippen molar-refractivity contribution in [1.82, 2.24) is 0 Å². The fourth-order valence-electron chi connectivity index (χ4n) is 2.07. The van der Waals surface area contributed by atoms with Crippen LogP contribution in [-0.2, 0) is 15.2 Å². The van der Waals surface area contributed by atoms with Gasteiger partial charge in [-0.15, -0.1) is 0 Å². The van der Waals surface area contributed by atoms with Crippen LogP contribution in [-0.4, -0.2) is 20.0 Å². The number of carbonyl (C=O) groups excluding carboxylic acids is 1. The Morgan fingerprint density at radius 1 is 1.09 bits per heavy atom. The third-order valence-corrected chi connectivity index (χ3v) is 3.39. The zero-order chi connectivity index (χ0) is 17.5. The molecule has 0 atom stereocenters. The summed E-state index contributed by atoms with van der Waals surface area (Å²) in [6, 6.07) is 0. The molecule has 0 heterocycles. The Balaban J connectivity index is 3.56. The third kappa shape index (κ3) is 4.09. The number of rotatable bonds is 3. The van der Waals surface area contributed by atoms with Crippen molar-refractivity contribution < 1.29 is 26.0 Å². The lowest BCUT2D eigenvalue weighted by Gasteiger charge is -2.23. The molecule has 1 aromatic rings. The predicted molar refractivity (Wildman–Crippen MR) is 80.9 cm³/mol. The lowest BCUT2D eigenvalue weighted by Crippen LogP contribution is -2.25. The van der Waals surface area contributed by atoms with E-state index in [-0.39, 0.29) is 28.1 Å².